The van der Waals surface area contributed by atoms with Crippen LogP contribution in [0.1, 0.15) is 37.7 Å². The molecule has 0 bridgehead atoms. The number of carbonyl (C=O) groups is 2. The van der Waals surface area contributed by atoms with Crippen molar-refractivity contribution in [1.82, 2.24) is 14.7 Å². The van der Waals surface area contributed by atoms with Gasteiger partial charge < -0.3 is 9.80 Å². The highest BCUT2D eigenvalue weighted by atomic mass is 32.2. The molecular weight excluding hydrogens is 394 g/mol. The van der Waals surface area contributed by atoms with Crippen LogP contribution in [0.15, 0.2) is 30.3 Å². The molecule has 0 radical (unpaired) electrons. The van der Waals surface area contributed by atoms with Crippen LogP contribution in [0.25, 0.3) is 0 Å². The lowest BCUT2D eigenvalue weighted by Crippen LogP contribution is -2.59. The Morgan fingerprint density at radius 1 is 0.900 bits per heavy atom. The maximum Gasteiger partial charge on any atom is 0.240 e. The third-order valence-corrected chi connectivity index (χ3v) is 7.90. The van der Waals surface area contributed by atoms with Crippen LogP contribution >= 0.6 is 11.8 Å². The molecule has 5 nitrogen and oxygen atoms in total. The van der Waals surface area contributed by atoms with Crippen molar-refractivity contribution in [3.8, 4) is 0 Å². The number of rotatable bonds is 6. The maximum atomic E-state index is 13.5. The molecule has 2 aliphatic heterocycles. The number of amides is 2. The molecule has 1 aromatic rings. The zero-order valence-electron chi connectivity index (χ0n) is 18.0. The van der Waals surface area contributed by atoms with Crippen molar-refractivity contribution >= 4 is 23.6 Å². The molecule has 164 valence electrons. The topological polar surface area (TPSA) is 43.9 Å². The van der Waals surface area contributed by atoms with E-state index in [4.69, 9.17) is 0 Å². The van der Waals surface area contributed by atoms with Gasteiger partial charge in [-0.05, 0) is 30.7 Å². The Labute approximate surface area is 185 Å². The van der Waals surface area contributed by atoms with Crippen LogP contribution in [0.5, 0.6) is 0 Å². The number of hydrogen-bond acceptors (Lipinski definition) is 4. The van der Waals surface area contributed by atoms with E-state index in [1.165, 1.54) is 31.2 Å². The highest BCUT2D eigenvalue weighted by Gasteiger charge is 2.39. The van der Waals surface area contributed by atoms with Crippen molar-refractivity contribution in [2.75, 3.05) is 50.8 Å². The lowest BCUT2D eigenvalue weighted by Gasteiger charge is -2.43. The Balaban J connectivity index is 1.32. The van der Waals surface area contributed by atoms with Crippen molar-refractivity contribution in [1.29, 1.82) is 0 Å². The quantitative estimate of drug-likeness (QED) is 0.698. The van der Waals surface area contributed by atoms with Crippen molar-refractivity contribution in [2.45, 2.75) is 44.6 Å². The highest BCUT2D eigenvalue weighted by Crippen LogP contribution is 2.32. The molecule has 1 saturated carbocycles. The summed E-state index contributed by atoms with van der Waals surface area (Å²) in [4.78, 5) is 32.7. The minimum absolute atomic E-state index is 0.0252. The van der Waals surface area contributed by atoms with Crippen LogP contribution < -0.4 is 0 Å². The van der Waals surface area contributed by atoms with Crippen LogP contribution in [-0.4, -0.2) is 83.3 Å². The normalized spacial score (nSPS) is 22.3. The summed E-state index contributed by atoms with van der Waals surface area (Å²) in [6.45, 7) is 4.94. The van der Waals surface area contributed by atoms with E-state index in [9.17, 15) is 9.59 Å². The number of hydrogen-bond donors (Lipinski definition) is 0. The summed E-state index contributed by atoms with van der Waals surface area (Å²) in [5.74, 6) is 3.22. The van der Waals surface area contributed by atoms with Crippen molar-refractivity contribution < 1.29 is 9.59 Å². The van der Waals surface area contributed by atoms with Gasteiger partial charge in [0.05, 0.1) is 6.04 Å². The zero-order chi connectivity index (χ0) is 20.8. The second kappa shape index (κ2) is 10.7. The molecule has 2 saturated heterocycles. The average Bonchev–Trinajstić information content (AvgIpc) is 3.34. The van der Waals surface area contributed by atoms with Crippen LogP contribution in [0.2, 0.25) is 0 Å². The molecule has 1 aliphatic carbocycles. The molecule has 2 heterocycles. The molecule has 30 heavy (non-hydrogen) atoms. The van der Waals surface area contributed by atoms with E-state index < -0.39 is 0 Å². The van der Waals surface area contributed by atoms with E-state index in [2.05, 4.69) is 21.9 Å². The zero-order valence-corrected chi connectivity index (χ0v) is 18.8. The van der Waals surface area contributed by atoms with Crippen molar-refractivity contribution in [3.63, 3.8) is 0 Å². The fourth-order valence-corrected chi connectivity index (χ4v) is 6.11. The first kappa shape index (κ1) is 21.7. The Kier molecular flexibility index (Phi) is 7.72. The van der Waals surface area contributed by atoms with E-state index in [1.54, 1.807) is 0 Å². The summed E-state index contributed by atoms with van der Waals surface area (Å²) < 4.78 is 0. The number of carbonyl (C=O) groups excluding carboxylic acids is 2. The Bertz CT molecular complexity index is 694. The van der Waals surface area contributed by atoms with Gasteiger partial charge in [0.2, 0.25) is 11.8 Å². The summed E-state index contributed by atoms with van der Waals surface area (Å²) in [6.07, 6.45) is 6.23. The molecule has 3 fully saturated rings. The summed E-state index contributed by atoms with van der Waals surface area (Å²) in [5, 5.41) is 0. The largest absolute Gasteiger partial charge is 0.340 e. The van der Waals surface area contributed by atoms with E-state index in [0.717, 1.165) is 57.2 Å². The molecule has 3 aliphatic rings. The van der Waals surface area contributed by atoms with E-state index in [0.29, 0.717) is 18.2 Å². The standard InChI is InChI=1S/C24H35N3O2S/c28-22(11-10-20-6-2-1-3-7-20)25-12-14-26(15-13-25)23(21-8-4-5-9-21)24(29)27-16-18-30-19-17-27/h1-3,6-7,21,23H,4-5,8-19H2. The molecular formula is C24H35N3O2S. The minimum Gasteiger partial charge on any atom is -0.340 e. The number of thioether (sulfide) groups is 1. The molecule has 2 amide bonds. The fraction of sp³-hybridized carbons (Fsp3) is 0.667. The number of benzene rings is 1. The molecule has 0 spiro atoms. The van der Waals surface area contributed by atoms with Gasteiger partial charge in [0, 0.05) is 57.2 Å². The smallest absolute Gasteiger partial charge is 0.240 e. The summed E-state index contributed by atoms with van der Waals surface area (Å²) in [5.41, 5.74) is 1.22. The molecule has 4 rings (SSSR count). The summed E-state index contributed by atoms with van der Waals surface area (Å²) >= 11 is 1.95. The van der Waals surface area contributed by atoms with Crippen LogP contribution in [0, 0.1) is 5.92 Å². The van der Waals surface area contributed by atoms with Gasteiger partial charge in [-0.1, -0.05) is 43.2 Å². The lowest BCUT2D eigenvalue weighted by molar-refractivity contribution is -0.141. The van der Waals surface area contributed by atoms with Gasteiger partial charge in [0.1, 0.15) is 0 Å². The van der Waals surface area contributed by atoms with Gasteiger partial charge in [-0.15, -0.1) is 0 Å². The number of piperazine rings is 1. The Hall–Kier alpha value is -1.53. The number of nitrogens with zero attached hydrogens (tertiary/aromatic N) is 3. The molecule has 6 heteroatoms. The van der Waals surface area contributed by atoms with Crippen LogP contribution in [0.3, 0.4) is 0 Å². The molecule has 1 atom stereocenters. The van der Waals surface area contributed by atoms with Gasteiger partial charge in [0.25, 0.3) is 0 Å². The molecule has 1 aromatic carbocycles. The van der Waals surface area contributed by atoms with Gasteiger partial charge in [-0.25, -0.2) is 0 Å². The third kappa shape index (κ3) is 5.38. The maximum absolute atomic E-state index is 13.5. The van der Waals surface area contributed by atoms with Gasteiger partial charge in [-0.2, -0.15) is 11.8 Å². The predicted molar refractivity (Wildman–Crippen MR) is 123 cm³/mol. The fourth-order valence-electron chi connectivity index (χ4n) is 5.20. The molecule has 0 aromatic heterocycles. The van der Waals surface area contributed by atoms with E-state index in [1.807, 2.05) is 34.9 Å². The lowest BCUT2D eigenvalue weighted by atomic mass is 9.94. The first-order valence-electron chi connectivity index (χ1n) is 11.6. The Morgan fingerprint density at radius 2 is 1.57 bits per heavy atom. The molecule has 1 unspecified atom stereocenters. The summed E-state index contributed by atoms with van der Waals surface area (Å²) in [7, 11) is 0. The molecule has 0 N–H and O–H groups in total. The third-order valence-electron chi connectivity index (χ3n) is 6.95. The van der Waals surface area contributed by atoms with Gasteiger partial charge in [-0.3, -0.25) is 14.5 Å². The van der Waals surface area contributed by atoms with E-state index in [-0.39, 0.29) is 11.9 Å². The van der Waals surface area contributed by atoms with Gasteiger partial charge in [0.15, 0.2) is 0 Å². The average molecular weight is 430 g/mol. The second-order valence-corrected chi connectivity index (χ2v) is 10.1. The highest BCUT2D eigenvalue weighted by molar-refractivity contribution is 7.99. The first-order valence-corrected chi connectivity index (χ1v) is 12.8. The van der Waals surface area contributed by atoms with Crippen LogP contribution in [0.4, 0.5) is 0 Å². The number of aryl methyl sites for hydroxylation is 1. The van der Waals surface area contributed by atoms with Crippen LogP contribution in [-0.2, 0) is 16.0 Å². The predicted octanol–water partition coefficient (Wildman–Crippen LogP) is 2.90. The monoisotopic (exact) mass is 429 g/mol. The van der Waals surface area contributed by atoms with Crippen molar-refractivity contribution in [2.24, 2.45) is 5.92 Å². The first-order chi connectivity index (χ1) is 14.7. The second-order valence-electron chi connectivity index (χ2n) is 8.83. The van der Waals surface area contributed by atoms with Crippen molar-refractivity contribution in [3.05, 3.63) is 35.9 Å². The Morgan fingerprint density at radius 3 is 2.23 bits per heavy atom. The minimum atomic E-state index is 0.0252. The van der Waals surface area contributed by atoms with Gasteiger partial charge >= 0.3 is 0 Å². The van der Waals surface area contributed by atoms with E-state index >= 15 is 0 Å². The SMILES string of the molecule is O=C(CCc1ccccc1)N1CCN(C(C(=O)N2CCSCC2)C2CCCC2)CC1. The summed E-state index contributed by atoms with van der Waals surface area (Å²) in [6, 6.07) is 10.3.